The minimum Gasteiger partial charge on any atom is -0.270 e. The molecule has 4 nitrogen and oxygen atoms in total. The smallest absolute Gasteiger partial charge is 0.270 e. The highest BCUT2D eigenvalue weighted by Crippen LogP contribution is 1.98. The summed E-state index contributed by atoms with van der Waals surface area (Å²) in [6.45, 7) is 1.28. The van der Waals surface area contributed by atoms with Crippen LogP contribution < -0.4 is 14.9 Å². The predicted octanol–water partition coefficient (Wildman–Crippen LogP) is 0.219. The molecule has 0 fully saturated rings. The average Bonchev–Trinajstić information content (AvgIpc) is 2.68. The fourth-order valence-electron chi connectivity index (χ4n) is 1.92. The van der Waals surface area contributed by atoms with E-state index >= 15 is 0 Å². The first-order valence-electron chi connectivity index (χ1n) is 5.73. The lowest BCUT2D eigenvalue weighted by atomic mass is 10.2. The van der Waals surface area contributed by atoms with E-state index in [0.717, 1.165) is 14.9 Å². The second kappa shape index (κ2) is 4.51. The quantitative estimate of drug-likeness (QED) is 0.734. The van der Waals surface area contributed by atoms with Crippen molar-refractivity contribution in [2.75, 3.05) is 13.7 Å². The zero-order chi connectivity index (χ0) is 12.5. The van der Waals surface area contributed by atoms with Crippen LogP contribution in [0.2, 0.25) is 0 Å². The fraction of sp³-hybridized carbons (Fsp3) is 0.231. The molecule has 18 heavy (non-hydrogen) atoms. The van der Waals surface area contributed by atoms with Gasteiger partial charge < -0.3 is 0 Å². The summed E-state index contributed by atoms with van der Waals surface area (Å²) in [6, 6.07) is 9.89. The first-order valence-corrected chi connectivity index (χ1v) is 6.55. The van der Waals surface area contributed by atoms with Crippen LogP contribution in [-0.2, 0) is 6.67 Å². The van der Waals surface area contributed by atoms with Crippen LogP contribution in [0.4, 0.5) is 0 Å². The second-order valence-corrected chi connectivity index (χ2v) is 5.34. The van der Waals surface area contributed by atoms with Crippen molar-refractivity contribution in [2.24, 2.45) is 4.99 Å². The van der Waals surface area contributed by atoms with Crippen molar-refractivity contribution < 1.29 is 0 Å². The molecule has 0 atom stereocenters. The van der Waals surface area contributed by atoms with E-state index in [0.29, 0.717) is 13.3 Å². The van der Waals surface area contributed by atoms with E-state index in [9.17, 15) is 4.79 Å². The summed E-state index contributed by atoms with van der Waals surface area (Å²) < 4.78 is 2.47. The van der Waals surface area contributed by atoms with Gasteiger partial charge in [-0.1, -0.05) is 41.7 Å². The molecule has 1 aliphatic rings. The molecule has 3 rings (SSSR count). The maximum atomic E-state index is 12.2. The number of fused-ring (bicyclic) bond motifs is 1. The van der Waals surface area contributed by atoms with Gasteiger partial charge in [-0.2, -0.15) is 0 Å². The summed E-state index contributed by atoms with van der Waals surface area (Å²) in [5.41, 5.74) is 1.09. The summed E-state index contributed by atoms with van der Waals surface area (Å²) in [5.74, 6) is 0. The molecule has 1 aromatic carbocycles. The van der Waals surface area contributed by atoms with Gasteiger partial charge in [0.05, 0.1) is 17.9 Å². The van der Waals surface area contributed by atoms with Gasteiger partial charge in [-0.15, -0.1) is 0 Å². The van der Waals surface area contributed by atoms with Crippen molar-refractivity contribution in [3.05, 3.63) is 55.6 Å². The van der Waals surface area contributed by atoms with Crippen molar-refractivity contribution in [1.29, 1.82) is 0 Å². The van der Waals surface area contributed by atoms with Gasteiger partial charge in [0, 0.05) is 0 Å². The normalized spacial score (nSPS) is 16.4. The number of aromatic nitrogens is 1. The summed E-state index contributed by atoms with van der Waals surface area (Å²) >= 11 is 1.46. The van der Waals surface area contributed by atoms with E-state index in [1.807, 2.05) is 48.4 Å². The Labute approximate surface area is 108 Å². The molecule has 1 aromatic heterocycles. The first kappa shape index (κ1) is 11.4. The molecule has 0 bridgehead atoms. The van der Waals surface area contributed by atoms with Crippen molar-refractivity contribution in [3.8, 4) is 0 Å². The molecule has 0 unspecified atom stereocenters. The van der Waals surface area contributed by atoms with Gasteiger partial charge in [0.15, 0.2) is 4.80 Å². The topological polar surface area (TPSA) is 37.6 Å². The maximum absolute atomic E-state index is 12.2. The highest BCUT2D eigenvalue weighted by Gasteiger charge is 2.11. The van der Waals surface area contributed by atoms with Gasteiger partial charge in [-0.3, -0.25) is 14.3 Å². The molecule has 0 radical (unpaired) electrons. The molecule has 1 aliphatic heterocycles. The van der Waals surface area contributed by atoms with E-state index in [4.69, 9.17) is 0 Å². The third-order valence-corrected chi connectivity index (χ3v) is 3.86. The van der Waals surface area contributed by atoms with E-state index in [2.05, 4.69) is 4.99 Å². The van der Waals surface area contributed by atoms with Gasteiger partial charge in [0.25, 0.3) is 5.56 Å². The van der Waals surface area contributed by atoms with Gasteiger partial charge in [-0.05, 0) is 18.7 Å². The van der Waals surface area contributed by atoms with Crippen LogP contribution in [-0.4, -0.2) is 23.2 Å². The van der Waals surface area contributed by atoms with Crippen molar-refractivity contribution in [2.45, 2.75) is 6.67 Å². The Kier molecular flexibility index (Phi) is 2.85. The zero-order valence-electron chi connectivity index (χ0n) is 10.0. The van der Waals surface area contributed by atoms with Crippen LogP contribution in [0.15, 0.2) is 40.1 Å². The number of benzene rings is 1. The van der Waals surface area contributed by atoms with Crippen molar-refractivity contribution >= 4 is 17.4 Å². The molecular formula is C13H13N3OS. The molecule has 0 saturated carbocycles. The molecule has 0 aliphatic carbocycles. The number of thiazole rings is 1. The number of rotatable bonds is 1. The Hall–Kier alpha value is -1.72. The molecular weight excluding hydrogens is 246 g/mol. The number of hydrogen-bond acceptors (Lipinski definition) is 4. The third-order valence-electron chi connectivity index (χ3n) is 2.82. The molecule has 2 heterocycles. The SMILES string of the molecule is CN1CN=c2sc(=Cc3ccccc3)c(=O)n2C1. The Balaban J connectivity index is 2.17. The molecule has 2 aromatic rings. The summed E-state index contributed by atoms with van der Waals surface area (Å²) in [6.07, 6.45) is 1.92. The molecule has 0 saturated heterocycles. The van der Waals surface area contributed by atoms with E-state index in [1.54, 1.807) is 4.57 Å². The van der Waals surface area contributed by atoms with Crippen LogP contribution in [0, 0.1) is 0 Å². The minimum atomic E-state index is 0.0501. The second-order valence-electron chi connectivity index (χ2n) is 4.33. The van der Waals surface area contributed by atoms with Crippen molar-refractivity contribution in [3.63, 3.8) is 0 Å². The number of hydrogen-bond donors (Lipinski definition) is 0. The third kappa shape index (κ3) is 2.02. The minimum absolute atomic E-state index is 0.0501. The summed E-state index contributed by atoms with van der Waals surface area (Å²) in [4.78, 5) is 19.4. The highest BCUT2D eigenvalue weighted by molar-refractivity contribution is 7.07. The Morgan fingerprint density at radius 2 is 2.11 bits per heavy atom. The van der Waals surface area contributed by atoms with E-state index in [1.165, 1.54) is 11.3 Å². The Morgan fingerprint density at radius 1 is 1.33 bits per heavy atom. The largest absolute Gasteiger partial charge is 0.271 e. The molecule has 0 spiro atoms. The van der Waals surface area contributed by atoms with Crippen LogP contribution in [0.25, 0.3) is 6.08 Å². The molecule has 92 valence electrons. The van der Waals surface area contributed by atoms with Crippen LogP contribution in [0.1, 0.15) is 5.56 Å². The Morgan fingerprint density at radius 3 is 2.89 bits per heavy atom. The molecule has 0 N–H and O–H groups in total. The Bertz CT molecular complexity index is 730. The monoisotopic (exact) mass is 259 g/mol. The average molecular weight is 259 g/mol. The lowest BCUT2D eigenvalue weighted by Crippen LogP contribution is -2.40. The van der Waals surface area contributed by atoms with Gasteiger partial charge >= 0.3 is 0 Å². The lowest BCUT2D eigenvalue weighted by molar-refractivity contribution is 0.246. The summed E-state index contributed by atoms with van der Waals surface area (Å²) in [5, 5.41) is 0. The molecule has 5 heteroatoms. The highest BCUT2D eigenvalue weighted by atomic mass is 32.1. The zero-order valence-corrected chi connectivity index (χ0v) is 10.9. The fourth-order valence-corrected chi connectivity index (χ4v) is 2.88. The summed E-state index contributed by atoms with van der Waals surface area (Å²) in [7, 11) is 1.96. The van der Waals surface area contributed by atoms with Crippen LogP contribution in [0.5, 0.6) is 0 Å². The van der Waals surface area contributed by atoms with E-state index in [-0.39, 0.29) is 5.56 Å². The first-order chi connectivity index (χ1) is 8.74. The van der Waals surface area contributed by atoms with Gasteiger partial charge in [0.1, 0.15) is 0 Å². The standard InChI is InChI=1S/C13H13N3OS/c1-15-8-14-13-16(9-15)12(17)11(18-13)7-10-5-3-2-4-6-10/h2-7H,8-9H2,1H3. The van der Waals surface area contributed by atoms with Crippen LogP contribution >= 0.6 is 11.3 Å². The van der Waals surface area contributed by atoms with Crippen molar-refractivity contribution in [1.82, 2.24) is 9.47 Å². The van der Waals surface area contributed by atoms with E-state index < -0.39 is 0 Å². The lowest BCUT2D eigenvalue weighted by Gasteiger charge is -2.17. The number of nitrogens with zero attached hydrogens (tertiary/aromatic N) is 3. The van der Waals surface area contributed by atoms with Gasteiger partial charge in [-0.25, -0.2) is 4.99 Å². The molecule has 0 amide bonds. The predicted molar refractivity (Wildman–Crippen MR) is 72.0 cm³/mol. The maximum Gasteiger partial charge on any atom is 0.271 e. The van der Waals surface area contributed by atoms with Crippen LogP contribution in [0.3, 0.4) is 0 Å². The van der Waals surface area contributed by atoms with Gasteiger partial charge in [0.2, 0.25) is 0 Å².